The quantitative estimate of drug-likeness (QED) is 0.672. The molecular formula is C16H18F2N4O3S. The first-order valence-electron chi connectivity index (χ1n) is 7.55. The molecule has 1 heterocycles. The number of pyridine rings is 1. The molecule has 0 aliphatic heterocycles. The van der Waals surface area contributed by atoms with Crippen LogP contribution in [0.15, 0.2) is 48.7 Å². The van der Waals surface area contributed by atoms with Gasteiger partial charge in [-0.15, -0.1) is 0 Å². The van der Waals surface area contributed by atoms with E-state index in [1.807, 2.05) is 5.43 Å². The van der Waals surface area contributed by atoms with Gasteiger partial charge in [0.05, 0.1) is 24.2 Å². The molecule has 0 unspecified atom stereocenters. The SMILES string of the molecule is CS(=O)(=O)N(Cc1ccc(CNNC(=O)C(F)F)cn1)c1ccccc1. The number of aromatic nitrogens is 1. The lowest BCUT2D eigenvalue weighted by Gasteiger charge is -2.22. The summed E-state index contributed by atoms with van der Waals surface area (Å²) in [6.45, 7) is 0.152. The number of amides is 1. The number of halogens is 2. The Morgan fingerprint density at radius 2 is 1.88 bits per heavy atom. The van der Waals surface area contributed by atoms with Crippen molar-refractivity contribution < 1.29 is 22.0 Å². The maximum Gasteiger partial charge on any atom is 0.316 e. The number of nitrogens with zero attached hydrogens (tertiary/aromatic N) is 2. The van der Waals surface area contributed by atoms with Crippen LogP contribution in [-0.2, 0) is 27.9 Å². The van der Waals surface area contributed by atoms with Crippen molar-refractivity contribution in [2.45, 2.75) is 19.5 Å². The molecule has 140 valence electrons. The lowest BCUT2D eigenvalue weighted by Crippen LogP contribution is -2.40. The molecule has 1 aromatic heterocycles. The Morgan fingerprint density at radius 3 is 2.42 bits per heavy atom. The van der Waals surface area contributed by atoms with E-state index < -0.39 is 22.4 Å². The monoisotopic (exact) mass is 384 g/mol. The third-order valence-corrected chi connectivity index (χ3v) is 4.48. The van der Waals surface area contributed by atoms with E-state index in [1.54, 1.807) is 42.5 Å². The fraction of sp³-hybridized carbons (Fsp3) is 0.250. The second-order valence-electron chi connectivity index (χ2n) is 5.41. The van der Waals surface area contributed by atoms with Crippen LogP contribution in [-0.4, -0.2) is 32.0 Å². The molecule has 0 saturated carbocycles. The van der Waals surface area contributed by atoms with Gasteiger partial charge in [0.15, 0.2) is 0 Å². The lowest BCUT2D eigenvalue weighted by molar-refractivity contribution is -0.132. The van der Waals surface area contributed by atoms with Gasteiger partial charge in [-0.25, -0.2) is 13.8 Å². The first-order valence-corrected chi connectivity index (χ1v) is 9.39. The van der Waals surface area contributed by atoms with Crippen LogP contribution in [0, 0.1) is 0 Å². The summed E-state index contributed by atoms with van der Waals surface area (Å²) >= 11 is 0. The number of carbonyl (C=O) groups excluding carboxylic acids is 1. The molecule has 26 heavy (non-hydrogen) atoms. The van der Waals surface area contributed by atoms with E-state index in [9.17, 15) is 22.0 Å². The predicted molar refractivity (Wildman–Crippen MR) is 92.7 cm³/mol. The summed E-state index contributed by atoms with van der Waals surface area (Å²) in [7, 11) is -3.50. The highest BCUT2D eigenvalue weighted by Gasteiger charge is 2.18. The summed E-state index contributed by atoms with van der Waals surface area (Å²) in [4.78, 5) is 14.9. The Labute approximate surface area is 150 Å². The zero-order chi connectivity index (χ0) is 19.2. The van der Waals surface area contributed by atoms with E-state index in [0.717, 1.165) is 6.26 Å². The summed E-state index contributed by atoms with van der Waals surface area (Å²) in [5, 5.41) is 0. The number of nitrogens with one attached hydrogen (secondary N) is 2. The fourth-order valence-electron chi connectivity index (χ4n) is 2.08. The molecule has 10 heteroatoms. The zero-order valence-corrected chi connectivity index (χ0v) is 14.7. The van der Waals surface area contributed by atoms with Crippen LogP contribution < -0.4 is 15.2 Å². The molecule has 2 aromatic rings. The number of rotatable bonds is 8. The summed E-state index contributed by atoms with van der Waals surface area (Å²) in [5.74, 6) is -1.42. The van der Waals surface area contributed by atoms with E-state index in [1.165, 1.54) is 10.5 Å². The first kappa shape index (κ1) is 19.7. The average Bonchev–Trinajstić information content (AvgIpc) is 2.60. The molecule has 0 spiro atoms. The molecule has 2 N–H and O–H groups in total. The molecule has 0 saturated heterocycles. The molecule has 0 atom stereocenters. The molecular weight excluding hydrogens is 366 g/mol. The van der Waals surface area contributed by atoms with Crippen molar-refractivity contribution in [3.05, 3.63) is 59.9 Å². The molecule has 0 aliphatic rings. The number of para-hydroxylation sites is 1. The van der Waals surface area contributed by atoms with E-state index >= 15 is 0 Å². The van der Waals surface area contributed by atoms with Crippen molar-refractivity contribution in [3.63, 3.8) is 0 Å². The van der Waals surface area contributed by atoms with Gasteiger partial charge in [0.1, 0.15) is 0 Å². The van der Waals surface area contributed by atoms with E-state index in [4.69, 9.17) is 0 Å². The number of hydrogen-bond acceptors (Lipinski definition) is 5. The lowest BCUT2D eigenvalue weighted by atomic mass is 10.2. The highest BCUT2D eigenvalue weighted by atomic mass is 32.2. The summed E-state index contributed by atoms with van der Waals surface area (Å²) in [6, 6.07) is 11.9. The van der Waals surface area contributed by atoms with Crippen molar-refractivity contribution in [2.75, 3.05) is 10.6 Å². The number of hydrogen-bond donors (Lipinski definition) is 2. The van der Waals surface area contributed by atoms with Crippen molar-refractivity contribution in [2.24, 2.45) is 0 Å². The number of sulfonamides is 1. The Hall–Kier alpha value is -2.59. The van der Waals surface area contributed by atoms with Gasteiger partial charge in [-0.2, -0.15) is 8.78 Å². The Bertz CT molecular complexity index is 830. The first-order chi connectivity index (χ1) is 12.3. The maximum atomic E-state index is 12.1. The van der Waals surface area contributed by atoms with Gasteiger partial charge < -0.3 is 0 Å². The van der Waals surface area contributed by atoms with Gasteiger partial charge in [-0.1, -0.05) is 24.3 Å². The minimum Gasteiger partial charge on any atom is -0.286 e. The molecule has 0 bridgehead atoms. The van der Waals surface area contributed by atoms with Crippen LogP contribution in [0.1, 0.15) is 11.3 Å². The molecule has 0 aliphatic carbocycles. The summed E-state index contributed by atoms with van der Waals surface area (Å²) < 4.78 is 49.4. The Balaban J connectivity index is 2.02. The van der Waals surface area contributed by atoms with Crippen LogP contribution in [0.3, 0.4) is 0 Å². The van der Waals surface area contributed by atoms with Crippen LogP contribution in [0.5, 0.6) is 0 Å². The molecule has 0 fully saturated rings. The van der Waals surface area contributed by atoms with Crippen molar-refractivity contribution >= 4 is 21.6 Å². The van der Waals surface area contributed by atoms with E-state index in [-0.39, 0.29) is 13.1 Å². The van der Waals surface area contributed by atoms with E-state index in [2.05, 4.69) is 10.4 Å². The number of anilines is 1. The van der Waals surface area contributed by atoms with Gasteiger partial charge in [0.25, 0.3) is 0 Å². The zero-order valence-electron chi connectivity index (χ0n) is 13.9. The summed E-state index contributed by atoms with van der Waals surface area (Å²) in [5.41, 5.74) is 5.90. The van der Waals surface area contributed by atoms with Crippen LogP contribution in [0.2, 0.25) is 0 Å². The molecule has 1 aromatic carbocycles. The Kier molecular flexibility index (Phi) is 6.58. The Morgan fingerprint density at radius 1 is 1.19 bits per heavy atom. The number of carbonyl (C=O) groups is 1. The van der Waals surface area contributed by atoms with Gasteiger partial charge >= 0.3 is 12.3 Å². The van der Waals surface area contributed by atoms with Crippen molar-refractivity contribution in [1.82, 2.24) is 15.8 Å². The third kappa shape index (κ3) is 5.74. The highest BCUT2D eigenvalue weighted by Crippen LogP contribution is 2.19. The number of alkyl halides is 2. The number of benzene rings is 1. The second kappa shape index (κ2) is 8.68. The maximum absolute atomic E-state index is 12.1. The standard InChI is InChI=1S/C16H18F2N4O3S/c1-26(24,25)22(14-5-3-2-4-6-14)11-13-8-7-12(9-19-13)10-20-21-16(23)15(17)18/h2-9,15,20H,10-11H2,1H3,(H,21,23). The average molecular weight is 384 g/mol. The van der Waals surface area contributed by atoms with E-state index in [0.29, 0.717) is 16.9 Å². The van der Waals surface area contributed by atoms with Gasteiger partial charge in [0.2, 0.25) is 10.0 Å². The second-order valence-corrected chi connectivity index (χ2v) is 7.31. The van der Waals surface area contributed by atoms with Crippen LogP contribution >= 0.6 is 0 Å². The van der Waals surface area contributed by atoms with Crippen LogP contribution in [0.25, 0.3) is 0 Å². The topological polar surface area (TPSA) is 91.4 Å². The van der Waals surface area contributed by atoms with Crippen molar-refractivity contribution in [1.29, 1.82) is 0 Å². The third-order valence-electron chi connectivity index (χ3n) is 3.34. The smallest absolute Gasteiger partial charge is 0.286 e. The molecule has 7 nitrogen and oxygen atoms in total. The van der Waals surface area contributed by atoms with Gasteiger partial charge in [-0.05, 0) is 23.8 Å². The summed E-state index contributed by atoms with van der Waals surface area (Å²) in [6.07, 6.45) is -0.505. The van der Waals surface area contributed by atoms with Gasteiger partial charge in [-0.3, -0.25) is 19.5 Å². The number of hydrazine groups is 1. The highest BCUT2D eigenvalue weighted by molar-refractivity contribution is 7.92. The minimum atomic E-state index is -3.50. The van der Waals surface area contributed by atoms with Gasteiger partial charge in [0, 0.05) is 12.7 Å². The molecule has 2 rings (SSSR count). The fourth-order valence-corrected chi connectivity index (χ4v) is 2.95. The largest absolute Gasteiger partial charge is 0.316 e. The van der Waals surface area contributed by atoms with Crippen molar-refractivity contribution in [3.8, 4) is 0 Å². The normalized spacial score (nSPS) is 11.4. The van der Waals surface area contributed by atoms with Crippen LogP contribution in [0.4, 0.5) is 14.5 Å². The minimum absolute atomic E-state index is 0.0542. The molecule has 0 radical (unpaired) electrons. The predicted octanol–water partition coefficient (Wildman–Crippen LogP) is 1.43. The molecule has 1 amide bonds.